The SMILES string of the molecule is CCOc1ccc(N2CCC(c3ccc([C@H](C)NC(=O)CN)cc3)CC2)cc1. The van der Waals surface area contributed by atoms with E-state index in [0.29, 0.717) is 12.5 Å². The number of amides is 1. The molecule has 3 N–H and O–H groups in total. The molecule has 2 aromatic rings. The number of carbonyl (C=O) groups excluding carboxylic acids is 1. The van der Waals surface area contributed by atoms with Crippen LogP contribution in [0.1, 0.15) is 49.8 Å². The molecule has 28 heavy (non-hydrogen) atoms. The van der Waals surface area contributed by atoms with Gasteiger partial charge >= 0.3 is 0 Å². The molecule has 1 aliphatic rings. The Bertz CT molecular complexity index is 750. The Hall–Kier alpha value is -2.53. The molecule has 1 atom stereocenters. The number of hydrogen-bond donors (Lipinski definition) is 2. The van der Waals surface area contributed by atoms with Crippen LogP contribution >= 0.6 is 0 Å². The summed E-state index contributed by atoms with van der Waals surface area (Å²) in [6, 6.07) is 17.0. The predicted octanol–water partition coefficient (Wildman–Crippen LogP) is 3.61. The highest BCUT2D eigenvalue weighted by atomic mass is 16.5. The number of benzene rings is 2. The van der Waals surface area contributed by atoms with E-state index >= 15 is 0 Å². The quantitative estimate of drug-likeness (QED) is 0.769. The lowest BCUT2D eigenvalue weighted by Gasteiger charge is -2.34. The first-order valence-corrected chi connectivity index (χ1v) is 10.2. The molecule has 1 aliphatic heterocycles. The second-order valence-electron chi connectivity index (χ2n) is 7.35. The Kier molecular flexibility index (Phi) is 6.93. The summed E-state index contributed by atoms with van der Waals surface area (Å²) in [7, 11) is 0. The number of nitrogens with two attached hydrogens (primary N) is 1. The number of ether oxygens (including phenoxy) is 1. The molecule has 0 spiro atoms. The predicted molar refractivity (Wildman–Crippen MR) is 114 cm³/mol. The summed E-state index contributed by atoms with van der Waals surface area (Å²) in [4.78, 5) is 13.9. The van der Waals surface area contributed by atoms with Gasteiger partial charge in [-0.15, -0.1) is 0 Å². The van der Waals surface area contributed by atoms with E-state index in [9.17, 15) is 4.79 Å². The van der Waals surface area contributed by atoms with Crippen molar-refractivity contribution < 1.29 is 9.53 Å². The molecule has 1 fully saturated rings. The van der Waals surface area contributed by atoms with Gasteiger partial charge in [0.2, 0.25) is 5.91 Å². The summed E-state index contributed by atoms with van der Waals surface area (Å²) in [5, 5.41) is 2.90. The van der Waals surface area contributed by atoms with Gasteiger partial charge in [-0.1, -0.05) is 24.3 Å². The van der Waals surface area contributed by atoms with Crippen molar-refractivity contribution in [1.29, 1.82) is 0 Å². The van der Waals surface area contributed by atoms with Crippen molar-refractivity contribution >= 4 is 11.6 Å². The number of piperidine rings is 1. The van der Waals surface area contributed by atoms with Gasteiger partial charge in [-0.3, -0.25) is 4.79 Å². The van der Waals surface area contributed by atoms with Crippen LogP contribution in [0.15, 0.2) is 48.5 Å². The third kappa shape index (κ3) is 5.04. The fraction of sp³-hybridized carbons (Fsp3) is 0.435. The van der Waals surface area contributed by atoms with Crippen molar-refractivity contribution in [2.24, 2.45) is 5.73 Å². The molecule has 0 saturated carbocycles. The molecule has 0 aromatic heterocycles. The van der Waals surface area contributed by atoms with Crippen LogP contribution < -0.4 is 20.7 Å². The fourth-order valence-corrected chi connectivity index (χ4v) is 3.83. The zero-order valence-corrected chi connectivity index (χ0v) is 16.9. The smallest absolute Gasteiger partial charge is 0.234 e. The van der Waals surface area contributed by atoms with Crippen LogP contribution in [0, 0.1) is 0 Å². The van der Waals surface area contributed by atoms with E-state index in [0.717, 1.165) is 37.2 Å². The maximum atomic E-state index is 11.5. The topological polar surface area (TPSA) is 67.6 Å². The Morgan fingerprint density at radius 1 is 1.14 bits per heavy atom. The average Bonchev–Trinajstić information content (AvgIpc) is 2.74. The highest BCUT2D eigenvalue weighted by molar-refractivity contribution is 5.78. The van der Waals surface area contributed by atoms with Crippen LogP contribution in [0.2, 0.25) is 0 Å². The van der Waals surface area contributed by atoms with E-state index in [2.05, 4.69) is 46.6 Å². The van der Waals surface area contributed by atoms with Crippen molar-refractivity contribution in [2.45, 2.75) is 38.6 Å². The van der Waals surface area contributed by atoms with Crippen LogP contribution in [0.25, 0.3) is 0 Å². The van der Waals surface area contributed by atoms with Gasteiger partial charge in [0, 0.05) is 18.8 Å². The molecule has 0 radical (unpaired) electrons. The second-order valence-corrected chi connectivity index (χ2v) is 7.35. The van der Waals surface area contributed by atoms with Crippen molar-refractivity contribution in [3.63, 3.8) is 0 Å². The number of rotatable bonds is 7. The Morgan fingerprint density at radius 3 is 2.36 bits per heavy atom. The lowest BCUT2D eigenvalue weighted by Crippen LogP contribution is -2.33. The lowest BCUT2D eigenvalue weighted by molar-refractivity contribution is -0.120. The minimum Gasteiger partial charge on any atom is -0.494 e. The van der Waals surface area contributed by atoms with Crippen LogP contribution in [0.5, 0.6) is 5.75 Å². The zero-order chi connectivity index (χ0) is 19.9. The molecule has 1 saturated heterocycles. The number of hydrogen-bond acceptors (Lipinski definition) is 4. The minimum absolute atomic E-state index is 0.0217. The molecule has 1 heterocycles. The van der Waals surface area contributed by atoms with E-state index < -0.39 is 0 Å². The van der Waals surface area contributed by atoms with Gasteiger partial charge in [0.15, 0.2) is 0 Å². The van der Waals surface area contributed by atoms with Crippen molar-refractivity contribution in [3.8, 4) is 5.75 Å². The fourth-order valence-electron chi connectivity index (χ4n) is 3.83. The van der Waals surface area contributed by atoms with Gasteiger partial charge in [0.05, 0.1) is 19.2 Å². The maximum Gasteiger partial charge on any atom is 0.234 e. The molecule has 1 amide bonds. The minimum atomic E-state index is -0.127. The molecule has 5 nitrogen and oxygen atoms in total. The third-order valence-corrected chi connectivity index (χ3v) is 5.48. The van der Waals surface area contributed by atoms with Gasteiger partial charge in [0.1, 0.15) is 5.75 Å². The Balaban J connectivity index is 1.55. The Morgan fingerprint density at radius 2 is 1.79 bits per heavy atom. The summed E-state index contributed by atoms with van der Waals surface area (Å²) in [5.41, 5.74) is 9.13. The van der Waals surface area contributed by atoms with Crippen molar-refractivity contribution in [1.82, 2.24) is 5.32 Å². The number of anilines is 1. The van der Waals surface area contributed by atoms with Gasteiger partial charge in [0.25, 0.3) is 0 Å². The molecule has 0 aliphatic carbocycles. The summed E-state index contributed by atoms with van der Waals surface area (Å²) in [5.74, 6) is 1.39. The van der Waals surface area contributed by atoms with Gasteiger partial charge in [-0.25, -0.2) is 0 Å². The second kappa shape index (κ2) is 9.60. The highest BCUT2D eigenvalue weighted by Gasteiger charge is 2.21. The summed E-state index contributed by atoms with van der Waals surface area (Å²) >= 11 is 0. The molecule has 0 unspecified atom stereocenters. The van der Waals surface area contributed by atoms with Gasteiger partial charge < -0.3 is 20.7 Å². The monoisotopic (exact) mass is 381 g/mol. The first-order valence-electron chi connectivity index (χ1n) is 10.2. The van der Waals surface area contributed by atoms with Crippen LogP contribution in [-0.2, 0) is 4.79 Å². The van der Waals surface area contributed by atoms with Crippen molar-refractivity contribution in [2.75, 3.05) is 31.1 Å². The molecule has 0 bridgehead atoms. The summed E-state index contributed by atoms with van der Waals surface area (Å²) in [6.45, 7) is 6.82. The Labute approximate surface area is 167 Å². The number of nitrogens with zero attached hydrogens (tertiary/aromatic N) is 1. The summed E-state index contributed by atoms with van der Waals surface area (Å²) in [6.07, 6.45) is 2.29. The van der Waals surface area contributed by atoms with Gasteiger partial charge in [-0.05, 0) is 68.0 Å². The highest BCUT2D eigenvalue weighted by Crippen LogP contribution is 2.31. The molecule has 5 heteroatoms. The summed E-state index contributed by atoms with van der Waals surface area (Å²) < 4.78 is 5.53. The maximum absolute atomic E-state index is 11.5. The first kappa shape index (κ1) is 20.2. The van der Waals surface area contributed by atoms with E-state index in [4.69, 9.17) is 10.5 Å². The number of carbonyl (C=O) groups is 1. The van der Waals surface area contributed by atoms with Crippen LogP contribution in [0.4, 0.5) is 5.69 Å². The van der Waals surface area contributed by atoms with Gasteiger partial charge in [-0.2, -0.15) is 0 Å². The lowest BCUT2D eigenvalue weighted by atomic mass is 9.88. The molecular formula is C23H31N3O2. The molecule has 2 aromatic carbocycles. The first-order chi connectivity index (χ1) is 13.6. The average molecular weight is 382 g/mol. The third-order valence-electron chi connectivity index (χ3n) is 5.48. The molecule has 150 valence electrons. The molecular weight excluding hydrogens is 350 g/mol. The molecule has 3 rings (SSSR count). The van der Waals surface area contributed by atoms with Crippen molar-refractivity contribution in [3.05, 3.63) is 59.7 Å². The van der Waals surface area contributed by atoms with E-state index in [1.807, 2.05) is 26.0 Å². The largest absolute Gasteiger partial charge is 0.494 e. The van der Waals surface area contributed by atoms with Crippen LogP contribution in [0.3, 0.4) is 0 Å². The normalized spacial score (nSPS) is 15.9. The number of nitrogens with one attached hydrogen (secondary N) is 1. The van der Waals surface area contributed by atoms with E-state index in [-0.39, 0.29) is 18.5 Å². The van der Waals surface area contributed by atoms with Crippen LogP contribution in [-0.4, -0.2) is 32.1 Å². The zero-order valence-electron chi connectivity index (χ0n) is 16.9. The van der Waals surface area contributed by atoms with E-state index in [1.165, 1.54) is 11.3 Å². The van der Waals surface area contributed by atoms with E-state index in [1.54, 1.807) is 0 Å². The standard InChI is InChI=1S/C23H31N3O2/c1-3-28-22-10-8-21(9-11-22)26-14-12-20(13-15-26)19-6-4-18(5-7-19)17(2)25-23(27)16-24/h4-11,17,20H,3,12-16,24H2,1-2H3,(H,25,27)/t17-/m0/s1.